The Hall–Kier alpha value is -3.28. The average molecular weight is 364 g/mol. The lowest BCUT2D eigenvalue weighted by molar-refractivity contribution is -0.122. The van der Waals surface area contributed by atoms with Gasteiger partial charge in [0.1, 0.15) is 17.8 Å². The van der Waals surface area contributed by atoms with Crippen molar-refractivity contribution in [2.75, 3.05) is 11.5 Å². The number of halogens is 2. The Kier molecular flexibility index (Phi) is 3.31. The smallest absolute Gasteiger partial charge is 0.246 e. The summed E-state index contributed by atoms with van der Waals surface area (Å²) in [5.74, 6) is -2.00. The summed E-state index contributed by atoms with van der Waals surface area (Å²) in [7, 11) is 0. The molecule has 0 fully saturated rings. The Labute approximate surface area is 154 Å². The SMILES string of the molecule is O=C1N(Cc2ccccn2)c2ccccc2C12COc1cc(F)c(F)cc12. The fraction of sp³-hybridized carbons (Fsp3) is 0.143. The molecule has 1 spiro atoms. The molecule has 2 aliphatic heterocycles. The minimum absolute atomic E-state index is 0.0137. The number of nitrogens with zero attached hydrogens (tertiary/aromatic N) is 2. The molecule has 27 heavy (non-hydrogen) atoms. The number of rotatable bonds is 2. The number of hydrogen-bond donors (Lipinski definition) is 0. The molecule has 2 aromatic carbocycles. The van der Waals surface area contributed by atoms with Crippen LogP contribution in [0.4, 0.5) is 14.5 Å². The maximum Gasteiger partial charge on any atom is 0.246 e. The van der Waals surface area contributed by atoms with E-state index < -0.39 is 17.0 Å². The normalized spacial score (nSPS) is 19.9. The Morgan fingerprint density at radius 1 is 1.04 bits per heavy atom. The van der Waals surface area contributed by atoms with Gasteiger partial charge in [0.25, 0.3) is 0 Å². The average Bonchev–Trinajstić information content (AvgIpc) is 3.16. The molecule has 0 saturated heterocycles. The molecule has 2 aliphatic rings. The van der Waals surface area contributed by atoms with Crippen LogP contribution in [0.1, 0.15) is 16.8 Å². The summed E-state index contributed by atoms with van der Waals surface area (Å²) in [5.41, 5.74) is 1.39. The topological polar surface area (TPSA) is 42.4 Å². The molecule has 1 aromatic heterocycles. The zero-order valence-corrected chi connectivity index (χ0v) is 14.2. The lowest BCUT2D eigenvalue weighted by atomic mass is 9.77. The van der Waals surface area contributed by atoms with E-state index in [-0.39, 0.29) is 24.8 Å². The highest BCUT2D eigenvalue weighted by Gasteiger charge is 2.57. The Morgan fingerprint density at radius 2 is 1.81 bits per heavy atom. The third-order valence-corrected chi connectivity index (χ3v) is 5.24. The maximum absolute atomic E-state index is 14.0. The molecular weight excluding hydrogens is 350 g/mol. The number of para-hydroxylation sites is 1. The Bertz CT molecular complexity index is 1070. The molecule has 1 unspecified atom stereocenters. The highest BCUT2D eigenvalue weighted by Crippen LogP contribution is 2.52. The van der Waals surface area contributed by atoms with Crippen molar-refractivity contribution in [3.05, 3.63) is 89.2 Å². The molecule has 0 aliphatic carbocycles. The standard InChI is InChI=1S/C21H14F2N2O2/c22-16-9-15-19(10-17(16)23)27-12-21(15)14-6-1-2-7-18(14)25(20(21)26)11-13-5-3-4-8-24-13/h1-10H,11-12H2. The number of ether oxygens (including phenoxy) is 1. The van der Waals surface area contributed by atoms with Crippen molar-refractivity contribution in [2.24, 2.45) is 0 Å². The van der Waals surface area contributed by atoms with Crippen LogP contribution in [0.3, 0.4) is 0 Å². The van der Waals surface area contributed by atoms with Crippen molar-refractivity contribution in [1.29, 1.82) is 0 Å². The van der Waals surface area contributed by atoms with Crippen LogP contribution >= 0.6 is 0 Å². The minimum Gasteiger partial charge on any atom is -0.491 e. The van der Waals surface area contributed by atoms with Crippen LogP contribution in [0.25, 0.3) is 0 Å². The zero-order chi connectivity index (χ0) is 18.6. The molecule has 5 rings (SSSR count). The molecule has 6 heteroatoms. The van der Waals surface area contributed by atoms with Gasteiger partial charge in [0.05, 0.1) is 12.2 Å². The van der Waals surface area contributed by atoms with Crippen LogP contribution in [-0.4, -0.2) is 17.5 Å². The van der Waals surface area contributed by atoms with Crippen LogP contribution in [0.5, 0.6) is 5.75 Å². The van der Waals surface area contributed by atoms with Gasteiger partial charge >= 0.3 is 0 Å². The van der Waals surface area contributed by atoms with Gasteiger partial charge in [-0.25, -0.2) is 8.78 Å². The first kappa shape index (κ1) is 15.9. The lowest BCUT2D eigenvalue weighted by Crippen LogP contribution is -2.42. The van der Waals surface area contributed by atoms with E-state index in [1.54, 1.807) is 11.1 Å². The van der Waals surface area contributed by atoms with Gasteiger partial charge in [0.15, 0.2) is 11.6 Å². The van der Waals surface area contributed by atoms with Crippen molar-refractivity contribution < 1.29 is 18.3 Å². The van der Waals surface area contributed by atoms with E-state index in [2.05, 4.69) is 4.98 Å². The van der Waals surface area contributed by atoms with E-state index in [4.69, 9.17) is 4.74 Å². The number of amides is 1. The number of benzene rings is 2. The summed E-state index contributed by atoms with van der Waals surface area (Å²) < 4.78 is 33.3. The van der Waals surface area contributed by atoms with E-state index in [9.17, 15) is 13.6 Å². The number of carbonyl (C=O) groups excluding carboxylic acids is 1. The van der Waals surface area contributed by atoms with Crippen molar-refractivity contribution in [3.63, 3.8) is 0 Å². The second kappa shape index (κ2) is 5.61. The summed E-state index contributed by atoms with van der Waals surface area (Å²) in [6, 6.07) is 15.0. The van der Waals surface area contributed by atoms with Crippen molar-refractivity contribution in [1.82, 2.24) is 4.98 Å². The maximum atomic E-state index is 14.0. The largest absolute Gasteiger partial charge is 0.491 e. The van der Waals surface area contributed by atoms with Crippen LogP contribution in [0, 0.1) is 11.6 Å². The fourth-order valence-electron chi connectivity index (χ4n) is 3.98. The lowest BCUT2D eigenvalue weighted by Gasteiger charge is -2.23. The van der Waals surface area contributed by atoms with Gasteiger partial charge < -0.3 is 9.64 Å². The molecular formula is C21H14F2N2O2. The first-order valence-corrected chi connectivity index (χ1v) is 8.55. The molecule has 1 amide bonds. The third kappa shape index (κ3) is 2.13. The fourth-order valence-corrected chi connectivity index (χ4v) is 3.98. The van der Waals surface area contributed by atoms with E-state index in [1.807, 2.05) is 42.5 Å². The molecule has 3 heterocycles. The monoisotopic (exact) mass is 364 g/mol. The highest BCUT2D eigenvalue weighted by atomic mass is 19.2. The first-order chi connectivity index (χ1) is 13.1. The molecule has 0 N–H and O–H groups in total. The van der Waals surface area contributed by atoms with E-state index in [0.717, 1.165) is 29.1 Å². The quantitative estimate of drug-likeness (QED) is 0.698. The third-order valence-electron chi connectivity index (χ3n) is 5.24. The molecule has 0 bridgehead atoms. The number of anilines is 1. The zero-order valence-electron chi connectivity index (χ0n) is 14.2. The summed E-state index contributed by atoms with van der Waals surface area (Å²) in [6.45, 7) is 0.303. The predicted octanol–water partition coefficient (Wildman–Crippen LogP) is 3.59. The van der Waals surface area contributed by atoms with Gasteiger partial charge in [-0.2, -0.15) is 0 Å². The van der Waals surface area contributed by atoms with Gasteiger partial charge in [-0.15, -0.1) is 0 Å². The van der Waals surface area contributed by atoms with E-state index >= 15 is 0 Å². The summed E-state index contributed by atoms with van der Waals surface area (Å²) in [6.07, 6.45) is 1.67. The molecule has 134 valence electrons. The minimum atomic E-state index is -1.17. The predicted molar refractivity (Wildman–Crippen MR) is 94.5 cm³/mol. The summed E-state index contributed by atoms with van der Waals surface area (Å²) in [5, 5.41) is 0. The van der Waals surface area contributed by atoms with Gasteiger partial charge in [-0.3, -0.25) is 9.78 Å². The summed E-state index contributed by atoms with van der Waals surface area (Å²) >= 11 is 0. The van der Waals surface area contributed by atoms with Crippen molar-refractivity contribution in [3.8, 4) is 5.75 Å². The number of fused-ring (bicyclic) bond motifs is 4. The number of aromatic nitrogens is 1. The second-order valence-electron chi connectivity index (χ2n) is 6.69. The number of hydrogen-bond acceptors (Lipinski definition) is 3. The molecule has 0 radical (unpaired) electrons. The van der Waals surface area contributed by atoms with Crippen LogP contribution in [-0.2, 0) is 16.8 Å². The van der Waals surface area contributed by atoms with Crippen LogP contribution in [0.2, 0.25) is 0 Å². The summed E-state index contributed by atoms with van der Waals surface area (Å²) in [4.78, 5) is 19.5. The van der Waals surface area contributed by atoms with Crippen molar-refractivity contribution in [2.45, 2.75) is 12.0 Å². The first-order valence-electron chi connectivity index (χ1n) is 8.55. The van der Waals surface area contributed by atoms with Gasteiger partial charge in [0.2, 0.25) is 5.91 Å². The highest BCUT2D eigenvalue weighted by molar-refractivity contribution is 6.11. The van der Waals surface area contributed by atoms with Crippen LogP contribution in [0.15, 0.2) is 60.8 Å². The van der Waals surface area contributed by atoms with Crippen LogP contribution < -0.4 is 9.64 Å². The van der Waals surface area contributed by atoms with E-state index in [0.29, 0.717) is 5.56 Å². The Balaban J connectivity index is 1.68. The number of carbonyl (C=O) groups is 1. The second-order valence-corrected chi connectivity index (χ2v) is 6.69. The molecule has 4 nitrogen and oxygen atoms in total. The van der Waals surface area contributed by atoms with Gasteiger partial charge in [-0.1, -0.05) is 24.3 Å². The molecule has 0 saturated carbocycles. The number of pyridine rings is 1. The van der Waals surface area contributed by atoms with Crippen molar-refractivity contribution >= 4 is 11.6 Å². The van der Waals surface area contributed by atoms with Gasteiger partial charge in [-0.05, 0) is 29.8 Å². The Morgan fingerprint density at radius 3 is 2.63 bits per heavy atom. The van der Waals surface area contributed by atoms with Gasteiger partial charge in [0, 0.05) is 23.5 Å². The molecule has 3 aromatic rings. The van der Waals surface area contributed by atoms with E-state index in [1.165, 1.54) is 0 Å². The molecule has 1 atom stereocenters.